The van der Waals surface area contributed by atoms with E-state index in [1.165, 1.54) is 12.1 Å². The quantitative estimate of drug-likeness (QED) is 0.563. The summed E-state index contributed by atoms with van der Waals surface area (Å²) in [6, 6.07) is 7.79. The van der Waals surface area contributed by atoms with Crippen molar-refractivity contribution in [3.63, 3.8) is 0 Å². The predicted octanol–water partition coefficient (Wildman–Crippen LogP) is 3.46. The Kier molecular flexibility index (Phi) is 4.85. The highest BCUT2D eigenvalue weighted by atomic mass is 19.1. The predicted molar refractivity (Wildman–Crippen MR) is 112 cm³/mol. The van der Waals surface area contributed by atoms with Crippen LogP contribution < -0.4 is 5.32 Å². The molecule has 4 aromatic rings. The number of carbonyl (C=O) groups excluding carboxylic acids is 1. The Hall–Kier alpha value is -3.55. The van der Waals surface area contributed by atoms with Crippen molar-refractivity contribution >= 4 is 16.9 Å². The molecule has 8 heteroatoms. The van der Waals surface area contributed by atoms with Crippen molar-refractivity contribution in [2.45, 2.75) is 34.2 Å². The van der Waals surface area contributed by atoms with Gasteiger partial charge in [0.2, 0.25) is 0 Å². The van der Waals surface area contributed by atoms with Crippen molar-refractivity contribution in [1.82, 2.24) is 29.9 Å². The normalized spacial score (nSPS) is 11.3. The lowest BCUT2D eigenvalue weighted by molar-refractivity contribution is 0.0952. The molecule has 0 bridgehead atoms. The number of halogens is 1. The Labute approximate surface area is 173 Å². The second-order valence-corrected chi connectivity index (χ2v) is 7.44. The summed E-state index contributed by atoms with van der Waals surface area (Å²) in [6.07, 6.45) is 0. The number of aromatic nitrogens is 5. The first-order valence-corrected chi connectivity index (χ1v) is 9.66. The van der Waals surface area contributed by atoms with E-state index in [1.54, 1.807) is 22.9 Å². The summed E-state index contributed by atoms with van der Waals surface area (Å²) in [6.45, 7) is 7.97. The van der Waals surface area contributed by atoms with E-state index in [4.69, 9.17) is 0 Å². The number of rotatable bonds is 4. The van der Waals surface area contributed by atoms with Gasteiger partial charge < -0.3 is 5.32 Å². The minimum atomic E-state index is -0.322. The number of fused-ring (bicyclic) bond motifs is 1. The highest BCUT2D eigenvalue weighted by molar-refractivity contribution is 6.06. The van der Waals surface area contributed by atoms with Crippen molar-refractivity contribution < 1.29 is 9.18 Å². The number of amides is 1. The van der Waals surface area contributed by atoms with Crippen molar-refractivity contribution in [2.24, 2.45) is 7.05 Å². The largest absolute Gasteiger partial charge is 0.348 e. The molecule has 0 aliphatic rings. The molecular formula is C22H23FN6O. The molecular weight excluding hydrogens is 383 g/mol. The second kappa shape index (κ2) is 7.37. The van der Waals surface area contributed by atoms with Gasteiger partial charge in [0.05, 0.1) is 28.0 Å². The molecule has 7 nitrogen and oxygen atoms in total. The van der Waals surface area contributed by atoms with E-state index in [0.29, 0.717) is 40.2 Å². The van der Waals surface area contributed by atoms with Gasteiger partial charge in [0.15, 0.2) is 5.65 Å². The van der Waals surface area contributed by atoms with Gasteiger partial charge >= 0.3 is 0 Å². The first-order chi connectivity index (χ1) is 14.3. The van der Waals surface area contributed by atoms with Crippen LogP contribution in [0.5, 0.6) is 0 Å². The summed E-state index contributed by atoms with van der Waals surface area (Å²) in [4.78, 5) is 17.7. The fraction of sp³-hybridized carbons (Fsp3) is 0.273. The summed E-state index contributed by atoms with van der Waals surface area (Å²) in [7, 11) is 1.89. The van der Waals surface area contributed by atoms with Gasteiger partial charge in [-0.2, -0.15) is 10.2 Å². The van der Waals surface area contributed by atoms with E-state index >= 15 is 0 Å². The number of pyridine rings is 1. The average Bonchev–Trinajstić information content (AvgIpc) is 3.15. The summed E-state index contributed by atoms with van der Waals surface area (Å²) in [5, 5.41) is 12.6. The third-order valence-electron chi connectivity index (χ3n) is 5.34. The zero-order valence-electron chi connectivity index (χ0n) is 17.6. The summed E-state index contributed by atoms with van der Waals surface area (Å²) < 4.78 is 16.8. The molecule has 0 saturated carbocycles. The van der Waals surface area contributed by atoms with E-state index in [9.17, 15) is 9.18 Å². The Bertz CT molecular complexity index is 1270. The van der Waals surface area contributed by atoms with Crippen LogP contribution in [0.1, 0.15) is 38.7 Å². The van der Waals surface area contributed by atoms with Crippen LogP contribution in [0.2, 0.25) is 0 Å². The zero-order valence-corrected chi connectivity index (χ0v) is 17.6. The third kappa shape index (κ3) is 3.34. The zero-order chi connectivity index (χ0) is 21.6. The minimum absolute atomic E-state index is 0.199. The van der Waals surface area contributed by atoms with E-state index in [1.807, 2.05) is 39.4 Å². The van der Waals surface area contributed by atoms with Gasteiger partial charge in [0, 0.05) is 30.5 Å². The summed E-state index contributed by atoms with van der Waals surface area (Å²) >= 11 is 0. The number of nitrogens with one attached hydrogen (secondary N) is 1. The molecule has 0 aliphatic heterocycles. The fourth-order valence-corrected chi connectivity index (χ4v) is 3.69. The number of carbonyl (C=O) groups is 1. The first-order valence-electron chi connectivity index (χ1n) is 9.66. The maximum Gasteiger partial charge on any atom is 0.252 e. The highest BCUT2D eigenvalue weighted by Crippen LogP contribution is 2.25. The Morgan fingerprint density at radius 1 is 1.07 bits per heavy atom. The molecule has 4 rings (SSSR count). The number of hydrogen-bond donors (Lipinski definition) is 1. The van der Waals surface area contributed by atoms with Crippen LogP contribution in [0.15, 0.2) is 30.3 Å². The van der Waals surface area contributed by atoms with Crippen LogP contribution in [0.25, 0.3) is 16.7 Å². The van der Waals surface area contributed by atoms with Gasteiger partial charge in [-0.15, -0.1) is 0 Å². The molecule has 3 heterocycles. The molecule has 0 aliphatic carbocycles. The van der Waals surface area contributed by atoms with Gasteiger partial charge in [-0.1, -0.05) is 0 Å². The maximum atomic E-state index is 13.3. The molecule has 30 heavy (non-hydrogen) atoms. The molecule has 0 spiro atoms. The molecule has 0 radical (unpaired) electrons. The van der Waals surface area contributed by atoms with Crippen LogP contribution >= 0.6 is 0 Å². The topological polar surface area (TPSA) is 77.6 Å². The number of benzene rings is 1. The average molecular weight is 406 g/mol. The van der Waals surface area contributed by atoms with Crippen molar-refractivity contribution in [3.8, 4) is 5.69 Å². The van der Waals surface area contributed by atoms with Gasteiger partial charge in [0.25, 0.3) is 5.91 Å². The highest BCUT2D eigenvalue weighted by Gasteiger charge is 2.20. The molecule has 154 valence electrons. The van der Waals surface area contributed by atoms with E-state index in [-0.39, 0.29) is 11.7 Å². The van der Waals surface area contributed by atoms with Crippen molar-refractivity contribution in [3.05, 3.63) is 70.1 Å². The molecule has 0 fully saturated rings. The standard InChI is InChI=1S/C22H23FN6O/c1-12-10-18(22(30)24-11-19-13(2)26-28(5)15(19)4)20-14(3)27-29(21(20)25-12)17-8-6-16(23)7-9-17/h6-10H,11H2,1-5H3,(H,24,30). The third-order valence-corrected chi connectivity index (χ3v) is 5.34. The van der Waals surface area contributed by atoms with Crippen LogP contribution in [-0.2, 0) is 13.6 Å². The van der Waals surface area contributed by atoms with Gasteiger partial charge in [-0.3, -0.25) is 9.48 Å². The lowest BCUT2D eigenvalue weighted by atomic mass is 10.1. The van der Waals surface area contributed by atoms with Crippen LogP contribution in [-0.4, -0.2) is 30.5 Å². The van der Waals surface area contributed by atoms with E-state index in [2.05, 4.69) is 20.5 Å². The Morgan fingerprint density at radius 2 is 1.77 bits per heavy atom. The molecule has 0 unspecified atom stereocenters. The van der Waals surface area contributed by atoms with E-state index < -0.39 is 0 Å². The first kappa shape index (κ1) is 19.8. The number of nitrogens with zero attached hydrogens (tertiary/aromatic N) is 5. The molecule has 0 saturated heterocycles. The van der Waals surface area contributed by atoms with Crippen LogP contribution in [0.3, 0.4) is 0 Å². The maximum absolute atomic E-state index is 13.3. The van der Waals surface area contributed by atoms with Gasteiger partial charge in [-0.05, 0) is 58.0 Å². The smallest absolute Gasteiger partial charge is 0.252 e. The number of aryl methyl sites for hydroxylation is 4. The molecule has 1 aromatic carbocycles. The monoisotopic (exact) mass is 406 g/mol. The molecule has 1 N–H and O–H groups in total. The summed E-state index contributed by atoms with van der Waals surface area (Å²) in [5.74, 6) is -0.521. The van der Waals surface area contributed by atoms with Gasteiger partial charge in [-0.25, -0.2) is 14.1 Å². The SMILES string of the molecule is Cc1cc(C(=O)NCc2c(C)nn(C)c2C)c2c(C)nn(-c3ccc(F)cc3)c2n1. The molecule has 1 amide bonds. The number of hydrogen-bond acceptors (Lipinski definition) is 4. The Morgan fingerprint density at radius 3 is 2.40 bits per heavy atom. The molecule has 3 aromatic heterocycles. The van der Waals surface area contributed by atoms with Crippen LogP contribution in [0, 0.1) is 33.5 Å². The van der Waals surface area contributed by atoms with Crippen LogP contribution in [0.4, 0.5) is 4.39 Å². The van der Waals surface area contributed by atoms with Crippen molar-refractivity contribution in [2.75, 3.05) is 0 Å². The molecule has 0 atom stereocenters. The fourth-order valence-electron chi connectivity index (χ4n) is 3.69. The lowest BCUT2D eigenvalue weighted by Crippen LogP contribution is -2.24. The van der Waals surface area contributed by atoms with E-state index in [0.717, 1.165) is 17.0 Å². The lowest BCUT2D eigenvalue weighted by Gasteiger charge is -2.09. The Balaban J connectivity index is 1.74. The second-order valence-electron chi connectivity index (χ2n) is 7.44. The van der Waals surface area contributed by atoms with Crippen molar-refractivity contribution in [1.29, 1.82) is 0 Å². The van der Waals surface area contributed by atoms with Gasteiger partial charge in [0.1, 0.15) is 5.82 Å². The minimum Gasteiger partial charge on any atom is -0.348 e. The summed E-state index contributed by atoms with van der Waals surface area (Å²) in [5.41, 5.74) is 6.06.